The van der Waals surface area contributed by atoms with E-state index < -0.39 is 41.7 Å². The Bertz CT molecular complexity index is 991. The zero-order valence-electron chi connectivity index (χ0n) is 16.4. The van der Waals surface area contributed by atoms with Gasteiger partial charge in [-0.1, -0.05) is 19.1 Å². The van der Waals surface area contributed by atoms with Gasteiger partial charge in [-0.05, 0) is 48.4 Å². The Morgan fingerprint density at radius 1 is 1.10 bits per heavy atom. The first-order valence-corrected chi connectivity index (χ1v) is 9.19. The molecule has 0 aliphatic carbocycles. The molecule has 3 rings (SSSR count). The Morgan fingerprint density at radius 3 is 2.30 bits per heavy atom. The average molecular weight is 413 g/mol. The molecule has 2 aromatic rings. The number of halogens is 1. The monoisotopic (exact) mass is 413 g/mol. The zero-order chi connectivity index (χ0) is 21.9. The Kier molecular flexibility index (Phi) is 5.81. The maximum atomic E-state index is 13.3. The zero-order valence-corrected chi connectivity index (χ0v) is 16.4. The van der Waals surface area contributed by atoms with Gasteiger partial charge < -0.3 is 15.4 Å². The van der Waals surface area contributed by atoms with Crippen LogP contribution < -0.4 is 10.6 Å². The molecule has 0 bridgehead atoms. The molecule has 1 aliphatic heterocycles. The number of nitrogens with zero attached hydrogens (tertiary/aromatic N) is 1. The van der Waals surface area contributed by atoms with Crippen LogP contribution >= 0.6 is 0 Å². The smallest absolute Gasteiger partial charge is 0.337 e. The molecule has 0 unspecified atom stereocenters. The fourth-order valence-corrected chi connectivity index (χ4v) is 3.30. The number of nitrogens with one attached hydrogen (secondary N) is 2. The van der Waals surface area contributed by atoms with Crippen LogP contribution in [0.4, 0.5) is 14.9 Å². The lowest BCUT2D eigenvalue weighted by Crippen LogP contribution is -2.44. The van der Waals surface area contributed by atoms with Crippen LogP contribution in [0.3, 0.4) is 0 Å². The number of anilines is 1. The van der Waals surface area contributed by atoms with Gasteiger partial charge in [0.25, 0.3) is 5.91 Å². The van der Waals surface area contributed by atoms with Crippen molar-refractivity contribution in [1.82, 2.24) is 10.2 Å². The van der Waals surface area contributed by atoms with E-state index in [1.807, 2.05) is 0 Å². The van der Waals surface area contributed by atoms with Crippen LogP contribution in [0.2, 0.25) is 0 Å². The van der Waals surface area contributed by atoms with Crippen LogP contribution in [0.5, 0.6) is 0 Å². The van der Waals surface area contributed by atoms with Crippen LogP contribution in [0.15, 0.2) is 48.5 Å². The molecule has 0 aromatic heterocycles. The fourth-order valence-electron chi connectivity index (χ4n) is 3.30. The summed E-state index contributed by atoms with van der Waals surface area (Å²) < 4.78 is 17.9. The Balaban J connectivity index is 1.72. The first kappa shape index (κ1) is 21.0. The van der Waals surface area contributed by atoms with Crippen LogP contribution in [0.1, 0.15) is 29.3 Å². The van der Waals surface area contributed by atoms with Crippen molar-refractivity contribution in [1.29, 1.82) is 0 Å². The number of hydrogen-bond acceptors (Lipinski definition) is 5. The number of imide groups is 1. The number of carbonyl (C=O) groups excluding carboxylic acids is 4. The summed E-state index contributed by atoms with van der Waals surface area (Å²) in [5.74, 6) is -2.15. The van der Waals surface area contributed by atoms with E-state index in [0.717, 1.165) is 4.90 Å². The Labute approximate surface area is 172 Å². The number of benzene rings is 2. The highest BCUT2D eigenvalue weighted by atomic mass is 19.1. The number of carbonyl (C=O) groups is 4. The van der Waals surface area contributed by atoms with E-state index >= 15 is 0 Å². The largest absolute Gasteiger partial charge is 0.465 e. The molecule has 1 saturated heterocycles. The molecule has 0 radical (unpaired) electrons. The first-order chi connectivity index (χ1) is 14.3. The van der Waals surface area contributed by atoms with Gasteiger partial charge in [0.05, 0.1) is 12.7 Å². The highest BCUT2D eigenvalue weighted by Gasteiger charge is 2.51. The first-order valence-electron chi connectivity index (χ1n) is 9.19. The SMILES string of the molecule is CC[C@@]1(c2ccc(F)cc2)NC(=O)N(CC(=O)Nc2ccc(C(=O)OC)cc2)C1=O. The fraction of sp³-hybridized carbons (Fsp3) is 0.238. The number of amides is 4. The number of hydrogen-bond donors (Lipinski definition) is 2. The summed E-state index contributed by atoms with van der Waals surface area (Å²) in [5, 5.41) is 5.20. The van der Waals surface area contributed by atoms with E-state index in [0.29, 0.717) is 16.8 Å². The van der Waals surface area contributed by atoms with Crippen LogP contribution in [-0.2, 0) is 19.9 Å². The molecule has 1 heterocycles. The van der Waals surface area contributed by atoms with Gasteiger partial charge in [0.15, 0.2) is 0 Å². The minimum atomic E-state index is -1.35. The van der Waals surface area contributed by atoms with Crippen molar-refractivity contribution in [2.75, 3.05) is 19.0 Å². The minimum absolute atomic E-state index is 0.232. The molecular formula is C21H20FN3O5. The summed E-state index contributed by atoms with van der Waals surface area (Å²) in [6.07, 6.45) is 0.232. The highest BCUT2D eigenvalue weighted by Crippen LogP contribution is 2.32. The second-order valence-electron chi connectivity index (χ2n) is 6.70. The third-order valence-corrected chi connectivity index (χ3v) is 4.93. The van der Waals surface area contributed by atoms with Crippen molar-refractivity contribution < 1.29 is 28.3 Å². The average Bonchev–Trinajstić information content (AvgIpc) is 2.99. The molecule has 30 heavy (non-hydrogen) atoms. The molecule has 2 aromatic carbocycles. The molecule has 9 heteroatoms. The molecular weight excluding hydrogens is 393 g/mol. The summed E-state index contributed by atoms with van der Waals surface area (Å²) in [7, 11) is 1.26. The van der Waals surface area contributed by atoms with Gasteiger partial charge in [-0.25, -0.2) is 14.0 Å². The molecule has 156 valence electrons. The minimum Gasteiger partial charge on any atom is -0.465 e. The summed E-state index contributed by atoms with van der Waals surface area (Å²) in [6.45, 7) is 1.22. The predicted molar refractivity (Wildman–Crippen MR) is 105 cm³/mol. The number of urea groups is 1. The van der Waals surface area contributed by atoms with Crippen molar-refractivity contribution in [3.05, 3.63) is 65.5 Å². The lowest BCUT2D eigenvalue weighted by molar-refractivity contribution is -0.134. The Morgan fingerprint density at radius 2 is 1.73 bits per heavy atom. The number of rotatable bonds is 6. The van der Waals surface area contributed by atoms with Gasteiger partial charge >= 0.3 is 12.0 Å². The second-order valence-corrected chi connectivity index (χ2v) is 6.70. The van der Waals surface area contributed by atoms with Crippen LogP contribution in [0, 0.1) is 5.82 Å². The number of methoxy groups -OCH3 is 1. The van der Waals surface area contributed by atoms with Crippen molar-refractivity contribution in [3.63, 3.8) is 0 Å². The van der Waals surface area contributed by atoms with E-state index in [1.165, 1.54) is 55.6 Å². The third kappa shape index (κ3) is 3.86. The van der Waals surface area contributed by atoms with Crippen molar-refractivity contribution in [3.8, 4) is 0 Å². The van der Waals surface area contributed by atoms with E-state index in [9.17, 15) is 23.6 Å². The van der Waals surface area contributed by atoms with Gasteiger partial charge in [0.1, 0.15) is 17.9 Å². The molecule has 4 amide bonds. The maximum Gasteiger partial charge on any atom is 0.337 e. The predicted octanol–water partition coefficient (Wildman–Crippen LogP) is 2.41. The summed E-state index contributed by atoms with van der Waals surface area (Å²) in [5.41, 5.74) is -0.213. The van der Waals surface area contributed by atoms with E-state index in [2.05, 4.69) is 15.4 Å². The standard InChI is InChI=1S/C21H20FN3O5/c1-3-21(14-6-8-15(22)9-7-14)19(28)25(20(29)24-21)12-17(26)23-16-10-4-13(5-11-16)18(27)30-2/h4-11H,3,12H2,1-2H3,(H,23,26)(H,24,29)/t21-/m0/s1. The third-order valence-electron chi connectivity index (χ3n) is 4.93. The van der Waals surface area contributed by atoms with Crippen molar-refractivity contribution >= 4 is 29.5 Å². The van der Waals surface area contributed by atoms with Gasteiger partial charge in [0, 0.05) is 5.69 Å². The molecule has 2 N–H and O–H groups in total. The van der Waals surface area contributed by atoms with E-state index in [1.54, 1.807) is 6.92 Å². The molecule has 0 spiro atoms. The quantitative estimate of drug-likeness (QED) is 0.559. The summed E-state index contributed by atoms with van der Waals surface area (Å²) in [6, 6.07) is 10.5. The van der Waals surface area contributed by atoms with E-state index in [-0.39, 0.29) is 6.42 Å². The number of esters is 1. The maximum absolute atomic E-state index is 13.3. The van der Waals surface area contributed by atoms with Gasteiger partial charge in [0.2, 0.25) is 5.91 Å². The molecule has 1 fully saturated rings. The van der Waals surface area contributed by atoms with Gasteiger partial charge in [-0.3, -0.25) is 14.5 Å². The highest BCUT2D eigenvalue weighted by molar-refractivity contribution is 6.10. The molecule has 8 nitrogen and oxygen atoms in total. The van der Waals surface area contributed by atoms with E-state index in [4.69, 9.17) is 0 Å². The summed E-state index contributed by atoms with van der Waals surface area (Å²) >= 11 is 0. The molecule has 0 saturated carbocycles. The topological polar surface area (TPSA) is 105 Å². The molecule has 1 aliphatic rings. The molecule has 1 atom stereocenters. The van der Waals surface area contributed by atoms with Gasteiger partial charge in [-0.2, -0.15) is 0 Å². The van der Waals surface area contributed by atoms with Gasteiger partial charge in [-0.15, -0.1) is 0 Å². The van der Waals surface area contributed by atoms with Crippen LogP contribution in [0.25, 0.3) is 0 Å². The lowest BCUT2D eigenvalue weighted by Gasteiger charge is -2.25. The normalized spacial score (nSPS) is 18.2. The number of ether oxygens (including phenoxy) is 1. The lowest BCUT2D eigenvalue weighted by atomic mass is 9.87. The van der Waals surface area contributed by atoms with Crippen LogP contribution in [-0.4, -0.2) is 42.4 Å². The van der Waals surface area contributed by atoms with Crippen molar-refractivity contribution in [2.45, 2.75) is 18.9 Å². The Hall–Kier alpha value is -3.75. The van der Waals surface area contributed by atoms with Crippen molar-refractivity contribution in [2.24, 2.45) is 0 Å². The second kappa shape index (κ2) is 8.32. The summed E-state index contributed by atoms with van der Waals surface area (Å²) in [4.78, 5) is 50.1.